The van der Waals surface area contributed by atoms with Crippen molar-refractivity contribution in [3.05, 3.63) is 58.1 Å². The van der Waals surface area contributed by atoms with Crippen LogP contribution >= 0.6 is 15.9 Å². The fraction of sp³-hybridized carbons (Fsp3) is 0.200. The molecule has 0 fully saturated rings. The van der Waals surface area contributed by atoms with E-state index in [1.807, 2.05) is 19.1 Å². The van der Waals surface area contributed by atoms with Gasteiger partial charge in [0.1, 0.15) is 18.1 Å². The molecule has 0 spiro atoms. The molecule has 26 heavy (non-hydrogen) atoms. The minimum atomic E-state index is -0.315. The molecule has 0 saturated carbocycles. The highest BCUT2D eigenvalue weighted by atomic mass is 79.9. The molecule has 0 aliphatic rings. The van der Waals surface area contributed by atoms with Gasteiger partial charge in [0.05, 0.1) is 12.8 Å². The third kappa shape index (κ3) is 5.94. The van der Waals surface area contributed by atoms with Gasteiger partial charge in [0.15, 0.2) is 0 Å². The minimum absolute atomic E-state index is 0.154. The third-order valence-electron chi connectivity index (χ3n) is 3.24. The van der Waals surface area contributed by atoms with Gasteiger partial charge in [0.2, 0.25) is 0 Å². The van der Waals surface area contributed by atoms with E-state index < -0.39 is 0 Å². The second kappa shape index (κ2) is 10.3. The van der Waals surface area contributed by atoms with Crippen molar-refractivity contribution in [2.45, 2.75) is 13.3 Å². The molecule has 2 aromatic rings. The number of hydrogen-bond acceptors (Lipinski definition) is 4. The quantitative estimate of drug-likeness (QED) is 0.403. The van der Waals surface area contributed by atoms with Crippen LogP contribution in [-0.2, 0) is 0 Å². The summed E-state index contributed by atoms with van der Waals surface area (Å²) >= 11 is 3.39. The van der Waals surface area contributed by atoms with Gasteiger partial charge in [0.25, 0.3) is 5.91 Å². The Morgan fingerprint density at radius 3 is 2.73 bits per heavy atom. The zero-order valence-corrected chi connectivity index (χ0v) is 16.0. The van der Waals surface area contributed by atoms with Crippen molar-refractivity contribution in [2.24, 2.45) is 5.10 Å². The molecule has 134 valence electrons. The van der Waals surface area contributed by atoms with E-state index >= 15 is 0 Å². The molecule has 0 heterocycles. The molecular weight excluding hydrogens is 396 g/mol. The van der Waals surface area contributed by atoms with Gasteiger partial charge >= 0.3 is 0 Å². The lowest BCUT2D eigenvalue weighted by molar-refractivity contribution is 0.0955. The predicted octanol–water partition coefficient (Wildman–Crippen LogP) is 4.01. The molecule has 1 amide bonds. The van der Waals surface area contributed by atoms with Gasteiger partial charge in [-0.05, 0) is 48.9 Å². The van der Waals surface area contributed by atoms with Crippen LogP contribution < -0.4 is 14.9 Å². The van der Waals surface area contributed by atoms with Gasteiger partial charge in [-0.3, -0.25) is 4.79 Å². The van der Waals surface area contributed by atoms with Crippen LogP contribution in [0.2, 0.25) is 0 Å². The SMILES string of the molecule is C#CCOc1ccc(Br)cc1/C=N/NC(=O)c1ccc(OCCC)cc1. The van der Waals surface area contributed by atoms with Crippen molar-refractivity contribution in [3.63, 3.8) is 0 Å². The Morgan fingerprint density at radius 1 is 1.27 bits per heavy atom. The second-order valence-corrected chi connectivity index (χ2v) is 6.16. The van der Waals surface area contributed by atoms with Crippen LogP contribution in [-0.4, -0.2) is 25.3 Å². The summed E-state index contributed by atoms with van der Waals surface area (Å²) in [7, 11) is 0. The Labute approximate surface area is 161 Å². The summed E-state index contributed by atoms with van der Waals surface area (Å²) in [6.07, 6.45) is 7.65. The average molecular weight is 415 g/mol. The Kier molecular flexibility index (Phi) is 7.72. The van der Waals surface area contributed by atoms with Gasteiger partial charge in [0, 0.05) is 15.6 Å². The van der Waals surface area contributed by atoms with Crippen molar-refractivity contribution < 1.29 is 14.3 Å². The number of ether oxygens (including phenoxy) is 2. The molecule has 2 rings (SSSR count). The fourth-order valence-electron chi connectivity index (χ4n) is 2.02. The van der Waals surface area contributed by atoms with Gasteiger partial charge in [-0.2, -0.15) is 5.10 Å². The van der Waals surface area contributed by atoms with Crippen LogP contribution in [0.5, 0.6) is 11.5 Å². The molecule has 2 aromatic carbocycles. The van der Waals surface area contributed by atoms with Crippen molar-refractivity contribution in [1.29, 1.82) is 0 Å². The van der Waals surface area contributed by atoms with E-state index in [4.69, 9.17) is 15.9 Å². The smallest absolute Gasteiger partial charge is 0.271 e. The minimum Gasteiger partial charge on any atom is -0.494 e. The van der Waals surface area contributed by atoms with Gasteiger partial charge in [-0.15, -0.1) is 6.42 Å². The lowest BCUT2D eigenvalue weighted by atomic mass is 10.2. The maximum absolute atomic E-state index is 12.2. The summed E-state index contributed by atoms with van der Waals surface area (Å²) in [6, 6.07) is 12.3. The highest BCUT2D eigenvalue weighted by Crippen LogP contribution is 2.21. The Balaban J connectivity index is 2.00. The molecular formula is C20H19BrN2O3. The highest BCUT2D eigenvalue weighted by Gasteiger charge is 2.06. The number of hydrogen-bond donors (Lipinski definition) is 1. The molecule has 0 saturated heterocycles. The van der Waals surface area contributed by atoms with Crippen LogP contribution in [0.15, 0.2) is 52.0 Å². The molecule has 0 atom stereocenters. The van der Waals surface area contributed by atoms with E-state index in [0.29, 0.717) is 23.5 Å². The van der Waals surface area contributed by atoms with Crippen LogP contribution in [0, 0.1) is 12.3 Å². The molecule has 1 N–H and O–H groups in total. The van der Waals surface area contributed by atoms with Gasteiger partial charge in [-0.25, -0.2) is 5.43 Å². The van der Waals surface area contributed by atoms with E-state index in [9.17, 15) is 4.79 Å². The fourth-order valence-corrected chi connectivity index (χ4v) is 2.40. The third-order valence-corrected chi connectivity index (χ3v) is 3.74. The number of nitrogens with zero attached hydrogens (tertiary/aromatic N) is 1. The number of carbonyl (C=O) groups excluding carboxylic acids is 1. The normalized spacial score (nSPS) is 10.3. The first-order valence-electron chi connectivity index (χ1n) is 8.06. The topological polar surface area (TPSA) is 59.9 Å². The maximum Gasteiger partial charge on any atom is 0.271 e. The number of amides is 1. The predicted molar refractivity (Wildman–Crippen MR) is 106 cm³/mol. The maximum atomic E-state index is 12.2. The summed E-state index contributed by atoms with van der Waals surface area (Å²) in [6.45, 7) is 2.84. The van der Waals surface area contributed by atoms with E-state index in [0.717, 1.165) is 16.6 Å². The Bertz CT molecular complexity index is 811. The van der Waals surface area contributed by atoms with Crippen molar-refractivity contribution >= 4 is 28.1 Å². The highest BCUT2D eigenvalue weighted by molar-refractivity contribution is 9.10. The number of halogens is 1. The van der Waals surface area contributed by atoms with E-state index in [2.05, 4.69) is 32.4 Å². The summed E-state index contributed by atoms with van der Waals surface area (Å²) in [4.78, 5) is 12.2. The molecule has 0 unspecified atom stereocenters. The summed E-state index contributed by atoms with van der Waals surface area (Å²) < 4.78 is 11.8. The standard InChI is InChI=1S/C20H19BrN2O3/c1-3-11-25-18-8-5-15(6-9-18)20(24)23-22-14-16-13-17(21)7-10-19(16)26-12-4-2/h2,5-10,13-14H,3,11-12H2,1H3,(H,23,24)/b22-14+. The number of terminal acetylenes is 1. The zero-order chi connectivity index (χ0) is 18.8. The van der Waals surface area contributed by atoms with Crippen molar-refractivity contribution in [1.82, 2.24) is 5.43 Å². The van der Waals surface area contributed by atoms with Crippen LogP contribution in [0.3, 0.4) is 0 Å². The van der Waals surface area contributed by atoms with E-state index in [1.165, 1.54) is 6.21 Å². The molecule has 6 heteroatoms. The van der Waals surface area contributed by atoms with E-state index in [1.54, 1.807) is 30.3 Å². The van der Waals surface area contributed by atoms with Crippen molar-refractivity contribution in [2.75, 3.05) is 13.2 Å². The Morgan fingerprint density at radius 2 is 2.04 bits per heavy atom. The number of nitrogens with one attached hydrogen (secondary N) is 1. The molecule has 0 aromatic heterocycles. The number of hydrazone groups is 1. The molecule has 0 aliphatic carbocycles. The van der Waals surface area contributed by atoms with E-state index in [-0.39, 0.29) is 12.5 Å². The van der Waals surface area contributed by atoms with Crippen LogP contribution in [0.25, 0.3) is 0 Å². The monoisotopic (exact) mass is 414 g/mol. The first-order chi connectivity index (χ1) is 12.6. The summed E-state index contributed by atoms with van der Waals surface area (Å²) in [5, 5.41) is 3.99. The largest absolute Gasteiger partial charge is 0.494 e. The number of carbonyl (C=O) groups is 1. The molecule has 0 aliphatic heterocycles. The zero-order valence-electron chi connectivity index (χ0n) is 14.4. The lowest BCUT2D eigenvalue weighted by Gasteiger charge is -2.07. The molecule has 5 nitrogen and oxygen atoms in total. The van der Waals surface area contributed by atoms with Crippen LogP contribution in [0.4, 0.5) is 0 Å². The van der Waals surface area contributed by atoms with Gasteiger partial charge in [-0.1, -0.05) is 28.8 Å². The Hall–Kier alpha value is -2.78. The first kappa shape index (κ1) is 19.5. The molecule has 0 bridgehead atoms. The van der Waals surface area contributed by atoms with Crippen molar-refractivity contribution in [3.8, 4) is 23.8 Å². The average Bonchev–Trinajstić information content (AvgIpc) is 2.66. The summed E-state index contributed by atoms with van der Waals surface area (Å²) in [5.41, 5.74) is 3.67. The lowest BCUT2D eigenvalue weighted by Crippen LogP contribution is -2.17. The van der Waals surface area contributed by atoms with Crippen LogP contribution in [0.1, 0.15) is 29.3 Å². The summed E-state index contributed by atoms with van der Waals surface area (Å²) in [5.74, 6) is 3.41. The second-order valence-electron chi connectivity index (χ2n) is 5.25. The number of benzene rings is 2. The number of rotatable bonds is 8. The first-order valence-corrected chi connectivity index (χ1v) is 8.85. The molecule has 0 radical (unpaired) electrons. The van der Waals surface area contributed by atoms with Gasteiger partial charge < -0.3 is 9.47 Å².